The first-order valence-corrected chi connectivity index (χ1v) is 9.48. The van der Waals surface area contributed by atoms with Crippen molar-refractivity contribution in [1.29, 1.82) is 0 Å². The molecule has 0 saturated carbocycles. The summed E-state index contributed by atoms with van der Waals surface area (Å²) in [5.74, 6) is 0.625. The van der Waals surface area contributed by atoms with Crippen molar-refractivity contribution in [1.82, 2.24) is 19.8 Å². The van der Waals surface area contributed by atoms with Gasteiger partial charge in [-0.25, -0.2) is 4.98 Å². The highest BCUT2D eigenvalue weighted by molar-refractivity contribution is 5.82. The highest BCUT2D eigenvalue weighted by Crippen LogP contribution is 2.20. The van der Waals surface area contributed by atoms with Crippen LogP contribution in [0.15, 0.2) is 29.1 Å². The maximum absolute atomic E-state index is 12.8. The Hall–Kier alpha value is -2.29. The van der Waals surface area contributed by atoms with Gasteiger partial charge in [-0.3, -0.25) is 14.5 Å². The van der Waals surface area contributed by atoms with Gasteiger partial charge in [-0.15, -0.1) is 0 Å². The van der Waals surface area contributed by atoms with E-state index >= 15 is 0 Å². The van der Waals surface area contributed by atoms with Gasteiger partial charge in [0.25, 0.3) is 11.5 Å². The summed E-state index contributed by atoms with van der Waals surface area (Å²) in [5.41, 5.74) is 6.33. The van der Waals surface area contributed by atoms with Gasteiger partial charge in [-0.05, 0) is 25.0 Å². The van der Waals surface area contributed by atoms with E-state index in [0.717, 1.165) is 19.4 Å². The minimum absolute atomic E-state index is 0.0209. The fourth-order valence-electron chi connectivity index (χ4n) is 3.97. The first kappa shape index (κ1) is 18.1. The molecule has 0 bridgehead atoms. The number of fused-ring (bicyclic) bond motifs is 1. The molecule has 8 nitrogen and oxygen atoms in total. The van der Waals surface area contributed by atoms with Crippen LogP contribution in [0.2, 0.25) is 0 Å². The van der Waals surface area contributed by atoms with E-state index in [0.29, 0.717) is 49.5 Å². The molecule has 2 fully saturated rings. The number of morpholine rings is 1. The Balaban J connectivity index is 1.46. The largest absolute Gasteiger partial charge is 0.366 e. The Morgan fingerprint density at radius 3 is 3.04 bits per heavy atom. The minimum Gasteiger partial charge on any atom is -0.366 e. The zero-order valence-corrected chi connectivity index (χ0v) is 15.3. The molecule has 27 heavy (non-hydrogen) atoms. The monoisotopic (exact) mass is 371 g/mol. The summed E-state index contributed by atoms with van der Waals surface area (Å²) in [5, 5.41) is 0.582. The van der Waals surface area contributed by atoms with Gasteiger partial charge in [0.1, 0.15) is 11.9 Å². The van der Waals surface area contributed by atoms with Crippen molar-refractivity contribution in [3.05, 3.63) is 40.4 Å². The molecule has 0 radical (unpaired) electrons. The predicted molar refractivity (Wildman–Crippen MR) is 101 cm³/mol. The molecule has 3 heterocycles. The van der Waals surface area contributed by atoms with Gasteiger partial charge >= 0.3 is 0 Å². The Morgan fingerprint density at radius 1 is 1.33 bits per heavy atom. The van der Waals surface area contributed by atoms with E-state index in [9.17, 15) is 9.59 Å². The van der Waals surface area contributed by atoms with Crippen molar-refractivity contribution < 1.29 is 9.53 Å². The topological polar surface area (TPSA) is 105 Å². The summed E-state index contributed by atoms with van der Waals surface area (Å²) in [6.45, 7) is 3.39. The molecule has 144 valence electrons. The van der Waals surface area contributed by atoms with Gasteiger partial charge < -0.3 is 20.4 Å². The van der Waals surface area contributed by atoms with Crippen molar-refractivity contribution in [2.75, 3.05) is 32.8 Å². The molecule has 3 N–H and O–H groups in total. The highest BCUT2D eigenvalue weighted by Gasteiger charge is 2.35. The van der Waals surface area contributed by atoms with Gasteiger partial charge in [-0.1, -0.05) is 12.1 Å². The predicted octanol–water partition coefficient (Wildman–Crippen LogP) is 0.0736. The summed E-state index contributed by atoms with van der Waals surface area (Å²) in [6, 6.07) is 7.41. The molecule has 2 aliphatic heterocycles. The number of H-pyrrole nitrogens is 1. The third kappa shape index (κ3) is 3.73. The van der Waals surface area contributed by atoms with Crippen LogP contribution in [0, 0.1) is 0 Å². The highest BCUT2D eigenvalue weighted by atomic mass is 16.5. The van der Waals surface area contributed by atoms with Crippen LogP contribution < -0.4 is 11.3 Å². The second-order valence-electron chi connectivity index (χ2n) is 7.19. The van der Waals surface area contributed by atoms with Crippen molar-refractivity contribution >= 4 is 16.8 Å². The maximum atomic E-state index is 12.8. The number of nitrogens with one attached hydrogen (secondary N) is 1. The number of likely N-dealkylation sites (tertiary alicyclic amines) is 1. The number of ether oxygens (including phenoxy) is 1. The van der Waals surface area contributed by atoms with E-state index in [-0.39, 0.29) is 17.5 Å². The van der Waals surface area contributed by atoms with Crippen LogP contribution in [0.4, 0.5) is 0 Å². The van der Waals surface area contributed by atoms with Crippen molar-refractivity contribution in [3.63, 3.8) is 0 Å². The molecule has 2 saturated heterocycles. The summed E-state index contributed by atoms with van der Waals surface area (Å²) < 4.78 is 5.74. The number of rotatable bonds is 4. The number of carbonyl (C=O) groups is 1. The molecule has 2 aromatic rings. The van der Waals surface area contributed by atoms with Crippen LogP contribution in [0.5, 0.6) is 0 Å². The first-order valence-electron chi connectivity index (χ1n) is 9.48. The van der Waals surface area contributed by atoms with Crippen LogP contribution in [0.1, 0.15) is 18.7 Å². The van der Waals surface area contributed by atoms with Crippen LogP contribution in [0.3, 0.4) is 0 Å². The molecule has 8 heteroatoms. The number of nitrogens with zero attached hydrogens (tertiary/aromatic N) is 3. The van der Waals surface area contributed by atoms with Gasteiger partial charge in [0.2, 0.25) is 0 Å². The zero-order valence-electron chi connectivity index (χ0n) is 15.3. The van der Waals surface area contributed by atoms with Crippen LogP contribution in [-0.2, 0) is 16.1 Å². The van der Waals surface area contributed by atoms with E-state index in [1.807, 2.05) is 23.1 Å². The standard InChI is InChI=1S/C19H25N5O3/c20-10-13-4-3-7-24(13)19(26)16-11-23(8-9-27-16)12-17-21-15-6-2-1-5-14(15)18(25)22-17/h1-2,5-6,13,16H,3-4,7-12,20H2,(H,21,22,25)/t13-,16-/m1/s1. The number of carbonyl (C=O) groups excluding carboxylic acids is 1. The number of nitrogens with two attached hydrogens (primary N) is 1. The third-order valence-corrected chi connectivity index (χ3v) is 5.39. The summed E-state index contributed by atoms with van der Waals surface area (Å²) in [4.78, 5) is 36.5. The molecule has 1 amide bonds. The molecule has 2 aliphatic rings. The first-order chi connectivity index (χ1) is 13.2. The summed E-state index contributed by atoms with van der Waals surface area (Å²) in [6.07, 6.45) is 1.46. The third-order valence-electron chi connectivity index (χ3n) is 5.39. The number of hydrogen-bond donors (Lipinski definition) is 2. The Labute approximate surface area is 157 Å². The smallest absolute Gasteiger partial charge is 0.258 e. The van der Waals surface area contributed by atoms with Crippen molar-refractivity contribution in [3.8, 4) is 0 Å². The SMILES string of the molecule is NC[C@H]1CCCN1C(=O)[C@H]1CN(Cc2nc3ccccc3c(=O)[nH]2)CCO1. The average molecular weight is 371 g/mol. The van der Waals surface area contributed by atoms with Gasteiger partial charge in [0, 0.05) is 32.2 Å². The molecule has 4 rings (SSSR count). The summed E-state index contributed by atoms with van der Waals surface area (Å²) >= 11 is 0. The van der Waals surface area contributed by atoms with Gasteiger partial charge in [0.15, 0.2) is 0 Å². The Morgan fingerprint density at radius 2 is 2.19 bits per heavy atom. The molecule has 0 spiro atoms. The fraction of sp³-hybridized carbons (Fsp3) is 0.526. The number of hydrogen-bond acceptors (Lipinski definition) is 6. The van der Waals surface area contributed by atoms with E-state index in [1.54, 1.807) is 6.07 Å². The van der Waals surface area contributed by atoms with Crippen LogP contribution >= 0.6 is 0 Å². The van der Waals surface area contributed by atoms with Crippen LogP contribution in [0.25, 0.3) is 10.9 Å². The average Bonchev–Trinajstić information content (AvgIpc) is 3.16. The number of aromatic amines is 1. The zero-order chi connectivity index (χ0) is 18.8. The normalized spacial score (nSPS) is 23.8. The summed E-state index contributed by atoms with van der Waals surface area (Å²) in [7, 11) is 0. The maximum Gasteiger partial charge on any atom is 0.258 e. The Bertz CT molecular complexity index is 883. The van der Waals surface area contributed by atoms with E-state index in [1.165, 1.54) is 0 Å². The number of benzene rings is 1. The Kier molecular flexibility index (Phi) is 5.20. The lowest BCUT2D eigenvalue weighted by molar-refractivity contribution is -0.150. The number of aromatic nitrogens is 2. The molecule has 0 unspecified atom stereocenters. The molecule has 0 aliphatic carbocycles. The quantitative estimate of drug-likeness (QED) is 0.788. The second kappa shape index (κ2) is 7.75. The van der Waals surface area contributed by atoms with E-state index < -0.39 is 6.10 Å². The van der Waals surface area contributed by atoms with Crippen LogP contribution in [-0.4, -0.2) is 70.6 Å². The van der Waals surface area contributed by atoms with Gasteiger partial charge in [-0.2, -0.15) is 0 Å². The second-order valence-corrected chi connectivity index (χ2v) is 7.19. The van der Waals surface area contributed by atoms with Crippen molar-refractivity contribution in [2.24, 2.45) is 5.73 Å². The lowest BCUT2D eigenvalue weighted by Crippen LogP contribution is -2.52. The molecule has 1 aromatic heterocycles. The fourth-order valence-corrected chi connectivity index (χ4v) is 3.97. The number of amides is 1. The molecule has 1 aromatic carbocycles. The lowest BCUT2D eigenvalue weighted by atomic mass is 10.2. The minimum atomic E-state index is -0.488. The number of para-hydroxylation sites is 1. The van der Waals surface area contributed by atoms with Crippen molar-refractivity contribution in [2.45, 2.75) is 31.5 Å². The van der Waals surface area contributed by atoms with Gasteiger partial charge in [0.05, 0.1) is 24.1 Å². The molecule has 2 atom stereocenters. The lowest BCUT2D eigenvalue weighted by Gasteiger charge is -2.35. The molecular weight excluding hydrogens is 346 g/mol. The molecular formula is C19H25N5O3. The van der Waals surface area contributed by atoms with E-state index in [4.69, 9.17) is 10.5 Å². The van der Waals surface area contributed by atoms with E-state index in [2.05, 4.69) is 14.9 Å².